The highest BCUT2D eigenvalue weighted by Crippen LogP contribution is 2.14. The molecule has 0 unspecified atom stereocenters. The Hall–Kier alpha value is -1.16. The zero-order valence-electron chi connectivity index (χ0n) is 14.8. The van der Waals surface area contributed by atoms with Gasteiger partial charge in [-0.15, -0.1) is 11.3 Å². The van der Waals surface area contributed by atoms with Crippen LogP contribution in [0.2, 0.25) is 0 Å². The Kier molecular flexibility index (Phi) is 8.66. The van der Waals surface area contributed by atoms with Gasteiger partial charge < -0.3 is 15.5 Å². The molecule has 1 aliphatic heterocycles. The van der Waals surface area contributed by atoms with Crippen LogP contribution in [0.25, 0.3) is 0 Å². The maximum Gasteiger partial charge on any atom is 0.250 e. The second-order valence-electron chi connectivity index (χ2n) is 5.92. The summed E-state index contributed by atoms with van der Waals surface area (Å²) in [6.07, 6.45) is 3.92. The van der Waals surface area contributed by atoms with E-state index in [1.165, 1.54) is 43.7 Å². The molecule has 7 nitrogen and oxygen atoms in total. The van der Waals surface area contributed by atoms with E-state index in [-0.39, 0.29) is 6.54 Å². The molecule has 1 saturated heterocycles. The Labute approximate surface area is 155 Å². The number of rotatable bonds is 9. The molecule has 3 N–H and O–H groups in total. The zero-order valence-corrected chi connectivity index (χ0v) is 16.5. The van der Waals surface area contributed by atoms with Crippen molar-refractivity contribution in [3.05, 3.63) is 17.5 Å². The van der Waals surface area contributed by atoms with Gasteiger partial charge >= 0.3 is 0 Å². The van der Waals surface area contributed by atoms with Crippen molar-refractivity contribution < 1.29 is 8.42 Å². The van der Waals surface area contributed by atoms with Crippen molar-refractivity contribution in [3.8, 4) is 0 Å². The minimum Gasteiger partial charge on any atom is -0.357 e. The van der Waals surface area contributed by atoms with Crippen molar-refractivity contribution in [1.82, 2.24) is 20.3 Å². The summed E-state index contributed by atoms with van der Waals surface area (Å²) in [7, 11) is -3.41. The number of piperidine rings is 1. The number of hydrogen-bond acceptors (Lipinski definition) is 5. The molecule has 142 valence electrons. The van der Waals surface area contributed by atoms with Gasteiger partial charge in [-0.25, -0.2) is 13.1 Å². The first-order valence-corrected chi connectivity index (χ1v) is 11.3. The van der Waals surface area contributed by atoms with E-state index in [4.69, 9.17) is 0 Å². The first kappa shape index (κ1) is 20.2. The van der Waals surface area contributed by atoms with E-state index in [9.17, 15) is 8.42 Å². The van der Waals surface area contributed by atoms with Crippen molar-refractivity contribution in [2.45, 2.75) is 30.4 Å². The average Bonchev–Trinajstić information content (AvgIpc) is 3.15. The van der Waals surface area contributed by atoms with Gasteiger partial charge in [-0.3, -0.25) is 4.99 Å². The third-order valence-electron chi connectivity index (χ3n) is 3.95. The van der Waals surface area contributed by atoms with Crippen LogP contribution in [0.1, 0.15) is 26.2 Å². The quantitative estimate of drug-likeness (QED) is 0.335. The molecule has 1 aromatic heterocycles. The molecule has 1 fully saturated rings. The van der Waals surface area contributed by atoms with Gasteiger partial charge in [0.2, 0.25) is 10.0 Å². The number of nitrogens with zero attached hydrogens (tertiary/aromatic N) is 2. The van der Waals surface area contributed by atoms with E-state index in [1.54, 1.807) is 17.5 Å². The highest BCUT2D eigenvalue weighted by Gasteiger charge is 2.13. The summed E-state index contributed by atoms with van der Waals surface area (Å²) in [5.74, 6) is 0.731. The second kappa shape index (κ2) is 10.7. The third-order valence-corrected chi connectivity index (χ3v) is 6.81. The van der Waals surface area contributed by atoms with Crippen LogP contribution in [0, 0.1) is 0 Å². The van der Waals surface area contributed by atoms with Crippen LogP contribution in [0.5, 0.6) is 0 Å². The van der Waals surface area contributed by atoms with Crippen LogP contribution in [-0.4, -0.2) is 65.1 Å². The third kappa shape index (κ3) is 7.31. The minimum atomic E-state index is -3.41. The summed E-state index contributed by atoms with van der Waals surface area (Å²) in [6, 6.07) is 3.33. The Morgan fingerprint density at radius 3 is 2.72 bits per heavy atom. The zero-order chi connectivity index (χ0) is 18.0. The summed E-state index contributed by atoms with van der Waals surface area (Å²) in [6.45, 7) is 7.67. The summed E-state index contributed by atoms with van der Waals surface area (Å²) in [4.78, 5) is 6.90. The predicted octanol–water partition coefficient (Wildman–Crippen LogP) is 1.07. The maximum atomic E-state index is 12.0. The molecule has 2 heterocycles. The Morgan fingerprint density at radius 1 is 1.24 bits per heavy atom. The second-order valence-corrected chi connectivity index (χ2v) is 8.86. The Bertz CT molecular complexity index is 610. The molecule has 0 spiro atoms. The summed E-state index contributed by atoms with van der Waals surface area (Å²) < 4.78 is 27.0. The van der Waals surface area contributed by atoms with Gasteiger partial charge in [-0.2, -0.15) is 0 Å². The van der Waals surface area contributed by atoms with Crippen molar-refractivity contribution >= 4 is 27.3 Å². The van der Waals surface area contributed by atoms with E-state index >= 15 is 0 Å². The molecular formula is C16H29N5O2S2. The van der Waals surface area contributed by atoms with E-state index in [0.29, 0.717) is 10.8 Å². The van der Waals surface area contributed by atoms with Gasteiger partial charge in [0.25, 0.3) is 0 Å². The van der Waals surface area contributed by atoms with E-state index in [1.807, 2.05) is 6.92 Å². The fourth-order valence-electron chi connectivity index (χ4n) is 2.69. The van der Waals surface area contributed by atoms with Gasteiger partial charge in [-0.1, -0.05) is 12.5 Å². The highest BCUT2D eigenvalue weighted by molar-refractivity contribution is 7.91. The summed E-state index contributed by atoms with van der Waals surface area (Å²) >= 11 is 1.21. The van der Waals surface area contributed by atoms with E-state index in [0.717, 1.165) is 25.6 Å². The first-order valence-electron chi connectivity index (χ1n) is 8.89. The van der Waals surface area contributed by atoms with Gasteiger partial charge in [-0.05, 0) is 44.3 Å². The molecule has 1 aromatic rings. The lowest BCUT2D eigenvalue weighted by atomic mass is 10.1. The topological polar surface area (TPSA) is 85.8 Å². The summed E-state index contributed by atoms with van der Waals surface area (Å²) in [5.41, 5.74) is 0. The number of thiophene rings is 1. The van der Waals surface area contributed by atoms with Crippen LogP contribution in [0.4, 0.5) is 0 Å². The van der Waals surface area contributed by atoms with Crippen LogP contribution in [0.3, 0.4) is 0 Å². The molecule has 9 heteroatoms. The standard InChI is InChI=1S/C16H29N5O2S2/c1-2-17-16(19-10-13-21-11-4-3-5-12-21)18-8-9-20-25(22,23)15-7-6-14-24-15/h6-7,14,20H,2-5,8-13H2,1H3,(H2,17,18,19). The van der Waals surface area contributed by atoms with Crippen LogP contribution in [0.15, 0.2) is 26.7 Å². The minimum absolute atomic E-state index is 0.281. The maximum absolute atomic E-state index is 12.0. The van der Waals surface area contributed by atoms with Crippen molar-refractivity contribution in [2.75, 3.05) is 45.8 Å². The molecule has 1 aliphatic rings. The van der Waals surface area contributed by atoms with Gasteiger partial charge in [0.1, 0.15) is 4.21 Å². The van der Waals surface area contributed by atoms with Gasteiger partial charge in [0, 0.05) is 26.2 Å². The van der Waals surface area contributed by atoms with Crippen LogP contribution in [-0.2, 0) is 10.0 Å². The number of guanidine groups is 1. The monoisotopic (exact) mass is 387 g/mol. The predicted molar refractivity (Wildman–Crippen MR) is 104 cm³/mol. The smallest absolute Gasteiger partial charge is 0.250 e. The molecule has 0 radical (unpaired) electrons. The molecule has 0 saturated carbocycles. The number of nitrogens with one attached hydrogen (secondary N) is 3. The van der Waals surface area contributed by atoms with Crippen molar-refractivity contribution in [3.63, 3.8) is 0 Å². The molecule has 0 atom stereocenters. The largest absolute Gasteiger partial charge is 0.357 e. The van der Waals surface area contributed by atoms with Gasteiger partial charge in [0.15, 0.2) is 5.96 Å². The highest BCUT2D eigenvalue weighted by atomic mass is 32.2. The lowest BCUT2D eigenvalue weighted by molar-refractivity contribution is 0.232. The van der Waals surface area contributed by atoms with Crippen molar-refractivity contribution in [1.29, 1.82) is 0 Å². The van der Waals surface area contributed by atoms with Crippen molar-refractivity contribution in [2.24, 2.45) is 4.99 Å². The lowest BCUT2D eigenvalue weighted by Crippen LogP contribution is -2.43. The SMILES string of the molecule is CCNC(=NCCNS(=O)(=O)c1cccs1)NCCN1CCCCC1. The van der Waals surface area contributed by atoms with E-state index < -0.39 is 10.0 Å². The first-order chi connectivity index (χ1) is 12.1. The molecule has 2 rings (SSSR count). The normalized spacial score (nSPS) is 16.8. The molecule has 0 aromatic carbocycles. The lowest BCUT2D eigenvalue weighted by Gasteiger charge is -2.26. The molecule has 0 amide bonds. The fraction of sp³-hybridized carbons (Fsp3) is 0.688. The number of likely N-dealkylation sites (tertiary alicyclic amines) is 1. The Morgan fingerprint density at radius 2 is 2.04 bits per heavy atom. The Balaban J connectivity index is 1.71. The van der Waals surface area contributed by atoms with Gasteiger partial charge in [0.05, 0.1) is 6.54 Å². The van der Waals surface area contributed by atoms with E-state index in [2.05, 4.69) is 25.2 Å². The van der Waals surface area contributed by atoms with Crippen LogP contribution < -0.4 is 15.4 Å². The number of hydrogen-bond donors (Lipinski definition) is 3. The molecule has 25 heavy (non-hydrogen) atoms. The molecular weight excluding hydrogens is 358 g/mol. The molecule has 0 bridgehead atoms. The molecule has 0 aliphatic carbocycles. The number of aliphatic imine (C=N–C) groups is 1. The van der Waals surface area contributed by atoms with Crippen LogP contribution >= 0.6 is 11.3 Å². The average molecular weight is 388 g/mol. The summed E-state index contributed by atoms with van der Waals surface area (Å²) in [5, 5.41) is 8.26. The fourth-order valence-corrected chi connectivity index (χ4v) is 4.75. The number of sulfonamides is 1.